The van der Waals surface area contributed by atoms with Gasteiger partial charge in [-0.15, -0.1) is 0 Å². The highest BCUT2D eigenvalue weighted by Gasteiger charge is 2.21. The van der Waals surface area contributed by atoms with Crippen LogP contribution in [0.1, 0.15) is 65.5 Å². The van der Waals surface area contributed by atoms with Crippen molar-refractivity contribution in [3.05, 3.63) is 35.4 Å². The quantitative estimate of drug-likeness (QED) is 0.649. The zero-order valence-electron chi connectivity index (χ0n) is 13.5. The smallest absolute Gasteiger partial charge is 0.0800 e. The van der Waals surface area contributed by atoms with E-state index in [1.807, 2.05) is 0 Å². The number of hydrogen-bond donors (Lipinski definition) is 0. The van der Waals surface area contributed by atoms with Crippen molar-refractivity contribution in [1.29, 1.82) is 0 Å². The summed E-state index contributed by atoms with van der Waals surface area (Å²) in [4.78, 5) is 0. The van der Waals surface area contributed by atoms with Crippen LogP contribution in [0.5, 0.6) is 0 Å². The van der Waals surface area contributed by atoms with Gasteiger partial charge in [0.1, 0.15) is 0 Å². The van der Waals surface area contributed by atoms with Gasteiger partial charge >= 0.3 is 0 Å². The topological polar surface area (TPSA) is 24.7 Å². The lowest BCUT2D eigenvalue weighted by atomic mass is 9.89. The molecule has 0 aliphatic carbocycles. The van der Waals surface area contributed by atoms with E-state index in [0.29, 0.717) is 5.92 Å². The fourth-order valence-corrected chi connectivity index (χ4v) is 2.05. The summed E-state index contributed by atoms with van der Waals surface area (Å²) in [7, 11) is 0. The molecule has 1 aromatic carbocycles. The van der Waals surface area contributed by atoms with Gasteiger partial charge in [-0.2, -0.15) is 10.2 Å². The maximum absolute atomic E-state index is 4.55. The summed E-state index contributed by atoms with van der Waals surface area (Å²) in [5, 5.41) is 8.97. The Morgan fingerprint density at radius 3 is 2.05 bits per heavy atom. The van der Waals surface area contributed by atoms with Gasteiger partial charge in [-0.05, 0) is 58.1 Å². The number of azo groups is 1. The summed E-state index contributed by atoms with van der Waals surface area (Å²) in [6.07, 6.45) is 0.931. The second kappa shape index (κ2) is 5.85. The van der Waals surface area contributed by atoms with Gasteiger partial charge in [-0.3, -0.25) is 0 Å². The van der Waals surface area contributed by atoms with Crippen molar-refractivity contribution in [2.75, 3.05) is 0 Å². The zero-order valence-corrected chi connectivity index (χ0v) is 13.5. The average molecular weight is 260 g/mol. The molecule has 0 saturated heterocycles. The molecule has 0 aliphatic heterocycles. The highest BCUT2D eigenvalue weighted by Crippen LogP contribution is 2.26. The minimum Gasteiger partial charge on any atom is -0.188 e. The van der Waals surface area contributed by atoms with Gasteiger partial charge in [0.05, 0.1) is 11.1 Å². The van der Waals surface area contributed by atoms with Crippen molar-refractivity contribution >= 4 is 0 Å². The van der Waals surface area contributed by atoms with Crippen LogP contribution >= 0.6 is 0 Å². The molecule has 0 radical (unpaired) electrons. The molecule has 0 bridgehead atoms. The van der Waals surface area contributed by atoms with E-state index in [1.165, 1.54) is 11.1 Å². The van der Waals surface area contributed by atoms with Crippen LogP contribution in [0.4, 0.5) is 0 Å². The molecule has 0 heterocycles. The van der Waals surface area contributed by atoms with Gasteiger partial charge < -0.3 is 0 Å². The molecule has 0 spiro atoms. The molecule has 0 saturated carbocycles. The molecule has 1 rings (SSSR count). The minimum absolute atomic E-state index is 0.102. The number of rotatable bonds is 4. The molecule has 106 valence electrons. The molecule has 19 heavy (non-hydrogen) atoms. The van der Waals surface area contributed by atoms with Crippen LogP contribution in [0.3, 0.4) is 0 Å². The van der Waals surface area contributed by atoms with Crippen molar-refractivity contribution < 1.29 is 0 Å². The van der Waals surface area contributed by atoms with Crippen LogP contribution in [0.25, 0.3) is 0 Å². The summed E-state index contributed by atoms with van der Waals surface area (Å²) < 4.78 is 0. The Kier molecular flexibility index (Phi) is 4.89. The second-order valence-corrected chi connectivity index (χ2v) is 7.21. The first-order valence-corrected chi connectivity index (χ1v) is 7.13. The predicted octanol–water partition coefficient (Wildman–Crippen LogP) is 5.38. The molecule has 0 fully saturated rings. The number of benzene rings is 1. The van der Waals surface area contributed by atoms with Gasteiger partial charge in [-0.1, -0.05) is 38.1 Å². The standard InChI is InChI=1S/C17H28N2/c1-13(2)15-11-9-8-10-14(15)12-17(6,7)19-18-16(3,4)5/h8-11,13H,12H2,1-7H3. The Bertz CT molecular complexity index is 437. The molecule has 0 aromatic heterocycles. The summed E-state index contributed by atoms with van der Waals surface area (Å²) in [5.74, 6) is 0.548. The third-order valence-corrected chi connectivity index (χ3v) is 2.92. The van der Waals surface area contributed by atoms with Crippen LogP contribution in [-0.4, -0.2) is 11.1 Å². The first-order chi connectivity index (χ1) is 8.61. The molecule has 0 aliphatic rings. The van der Waals surface area contributed by atoms with Crippen molar-refractivity contribution in [1.82, 2.24) is 0 Å². The van der Waals surface area contributed by atoms with Gasteiger partial charge in [-0.25, -0.2) is 0 Å². The second-order valence-electron chi connectivity index (χ2n) is 7.21. The Morgan fingerprint density at radius 2 is 1.53 bits per heavy atom. The van der Waals surface area contributed by atoms with E-state index >= 15 is 0 Å². The Hall–Kier alpha value is -1.18. The average Bonchev–Trinajstić information content (AvgIpc) is 2.26. The molecule has 0 amide bonds. The number of nitrogens with zero attached hydrogens (tertiary/aromatic N) is 2. The maximum Gasteiger partial charge on any atom is 0.0800 e. The first-order valence-electron chi connectivity index (χ1n) is 7.13. The van der Waals surface area contributed by atoms with E-state index in [4.69, 9.17) is 0 Å². The van der Waals surface area contributed by atoms with E-state index in [9.17, 15) is 0 Å². The summed E-state index contributed by atoms with van der Waals surface area (Å²) >= 11 is 0. The van der Waals surface area contributed by atoms with E-state index in [-0.39, 0.29) is 11.1 Å². The predicted molar refractivity (Wildman–Crippen MR) is 82.9 cm³/mol. The third kappa shape index (κ3) is 5.54. The van der Waals surface area contributed by atoms with E-state index in [1.54, 1.807) is 0 Å². The lowest BCUT2D eigenvalue weighted by Crippen LogP contribution is -2.22. The normalized spacial score (nSPS) is 13.5. The fraction of sp³-hybridized carbons (Fsp3) is 0.647. The maximum atomic E-state index is 4.55. The third-order valence-electron chi connectivity index (χ3n) is 2.92. The summed E-state index contributed by atoms with van der Waals surface area (Å²) in [5.41, 5.74) is 2.55. The van der Waals surface area contributed by atoms with Gasteiger partial charge in [0.25, 0.3) is 0 Å². The Labute approximate surface area is 118 Å². The van der Waals surface area contributed by atoms with E-state index in [2.05, 4.69) is 83.0 Å². The highest BCUT2D eigenvalue weighted by molar-refractivity contribution is 5.31. The molecule has 2 heteroatoms. The number of hydrogen-bond acceptors (Lipinski definition) is 2. The lowest BCUT2D eigenvalue weighted by Gasteiger charge is -2.23. The van der Waals surface area contributed by atoms with Crippen molar-refractivity contribution in [3.63, 3.8) is 0 Å². The molecule has 2 nitrogen and oxygen atoms in total. The van der Waals surface area contributed by atoms with Crippen molar-refractivity contribution in [2.24, 2.45) is 10.2 Å². The lowest BCUT2D eigenvalue weighted by molar-refractivity contribution is 0.435. The molecular formula is C17H28N2. The van der Waals surface area contributed by atoms with Gasteiger partial charge in [0, 0.05) is 0 Å². The molecule has 0 atom stereocenters. The summed E-state index contributed by atoms with van der Waals surface area (Å²) in [6, 6.07) is 8.65. The molecule has 0 unspecified atom stereocenters. The fourth-order valence-electron chi connectivity index (χ4n) is 2.05. The summed E-state index contributed by atoms with van der Waals surface area (Å²) in [6.45, 7) is 15.0. The molecule has 1 aromatic rings. The highest BCUT2D eigenvalue weighted by atomic mass is 15.2. The zero-order chi connectivity index (χ0) is 14.7. The van der Waals surface area contributed by atoms with Crippen molar-refractivity contribution in [3.8, 4) is 0 Å². The van der Waals surface area contributed by atoms with Crippen LogP contribution < -0.4 is 0 Å². The van der Waals surface area contributed by atoms with E-state index in [0.717, 1.165) is 6.42 Å². The van der Waals surface area contributed by atoms with Gasteiger partial charge in [0.2, 0.25) is 0 Å². The Balaban J connectivity index is 2.92. The molecule has 0 N–H and O–H groups in total. The van der Waals surface area contributed by atoms with Crippen LogP contribution in [-0.2, 0) is 6.42 Å². The van der Waals surface area contributed by atoms with Crippen LogP contribution in [0, 0.1) is 0 Å². The molecular weight excluding hydrogens is 232 g/mol. The van der Waals surface area contributed by atoms with Crippen LogP contribution in [0.2, 0.25) is 0 Å². The Morgan fingerprint density at radius 1 is 0.947 bits per heavy atom. The SMILES string of the molecule is CC(C)c1ccccc1CC(C)(C)N=NC(C)(C)C. The first kappa shape index (κ1) is 15.9. The van der Waals surface area contributed by atoms with E-state index < -0.39 is 0 Å². The monoisotopic (exact) mass is 260 g/mol. The minimum atomic E-state index is -0.154. The largest absolute Gasteiger partial charge is 0.188 e. The van der Waals surface area contributed by atoms with Crippen LogP contribution in [0.15, 0.2) is 34.5 Å². The van der Waals surface area contributed by atoms with Gasteiger partial charge in [0.15, 0.2) is 0 Å². The van der Waals surface area contributed by atoms with Crippen molar-refractivity contribution in [2.45, 2.75) is 71.9 Å².